The molecule has 0 saturated heterocycles. The molecular formula is C22H24Cl2N4O3. The minimum absolute atomic E-state index is 0.0623. The smallest absolute Gasteiger partial charge is 0.306 e. The van der Waals surface area contributed by atoms with E-state index < -0.39 is 11.4 Å². The van der Waals surface area contributed by atoms with E-state index in [0.717, 1.165) is 0 Å². The maximum atomic E-state index is 13.4. The second kappa shape index (κ2) is 9.68. The van der Waals surface area contributed by atoms with Crippen LogP contribution in [-0.4, -0.2) is 47.4 Å². The number of nitrogens with zero attached hydrogens (tertiary/aromatic N) is 3. The van der Waals surface area contributed by atoms with Crippen LogP contribution in [0.3, 0.4) is 0 Å². The molecule has 2 aromatic rings. The maximum absolute atomic E-state index is 13.4. The molecule has 0 aliphatic carbocycles. The third-order valence-electron chi connectivity index (χ3n) is 4.93. The van der Waals surface area contributed by atoms with E-state index in [-0.39, 0.29) is 12.5 Å². The molecule has 0 fully saturated rings. The van der Waals surface area contributed by atoms with Crippen LogP contribution in [0.5, 0.6) is 0 Å². The van der Waals surface area contributed by atoms with Gasteiger partial charge in [-0.15, -0.1) is 0 Å². The lowest BCUT2D eigenvalue weighted by Crippen LogP contribution is -2.49. The van der Waals surface area contributed by atoms with Crippen LogP contribution >= 0.6 is 23.2 Å². The third kappa shape index (κ3) is 5.01. The molecule has 1 aliphatic heterocycles. The third-order valence-corrected chi connectivity index (χ3v) is 5.43. The largest absolute Gasteiger partial charge is 0.342 e. The quantitative estimate of drug-likeness (QED) is 0.610. The van der Waals surface area contributed by atoms with Gasteiger partial charge < -0.3 is 5.32 Å². The highest BCUT2D eigenvalue weighted by molar-refractivity contribution is 6.31. The van der Waals surface area contributed by atoms with Gasteiger partial charge in [0.05, 0.1) is 18.9 Å². The van der Waals surface area contributed by atoms with Crippen LogP contribution in [0.4, 0.5) is 10.5 Å². The van der Waals surface area contributed by atoms with Crippen molar-refractivity contribution in [3.63, 3.8) is 0 Å². The van der Waals surface area contributed by atoms with Crippen molar-refractivity contribution >= 4 is 46.5 Å². The summed E-state index contributed by atoms with van der Waals surface area (Å²) in [7, 11) is 0. The van der Waals surface area contributed by atoms with Gasteiger partial charge in [-0.3, -0.25) is 9.63 Å². The molecule has 0 bridgehead atoms. The molecular weight excluding hydrogens is 439 g/mol. The first kappa shape index (κ1) is 23.1. The monoisotopic (exact) mass is 462 g/mol. The van der Waals surface area contributed by atoms with Gasteiger partial charge in [-0.05, 0) is 62.7 Å². The summed E-state index contributed by atoms with van der Waals surface area (Å²) < 4.78 is 0. The fraction of sp³-hybridized carbons (Fsp3) is 0.318. The van der Waals surface area contributed by atoms with E-state index >= 15 is 0 Å². The number of rotatable bonds is 6. The molecule has 1 aliphatic rings. The summed E-state index contributed by atoms with van der Waals surface area (Å²) in [6.07, 6.45) is 0. The van der Waals surface area contributed by atoms with Crippen molar-refractivity contribution in [2.45, 2.75) is 20.8 Å². The van der Waals surface area contributed by atoms with Crippen LogP contribution in [0.1, 0.15) is 26.3 Å². The lowest BCUT2D eigenvalue weighted by atomic mass is 9.81. The molecule has 7 nitrogen and oxygen atoms in total. The SMILES string of the molecule is CCON(CC)C(=O)C1(C)CN(C(=O)Nc2ccc(Cl)cc2)N=C1c1ccc(Cl)cc1. The Balaban J connectivity index is 1.93. The van der Waals surface area contributed by atoms with Gasteiger partial charge in [0, 0.05) is 22.3 Å². The van der Waals surface area contributed by atoms with Crippen molar-refractivity contribution in [1.29, 1.82) is 0 Å². The number of anilines is 1. The van der Waals surface area contributed by atoms with Crippen molar-refractivity contribution in [3.8, 4) is 0 Å². The minimum atomic E-state index is -1.10. The molecule has 1 N–H and O–H groups in total. The molecule has 3 amide bonds. The van der Waals surface area contributed by atoms with Gasteiger partial charge in [-0.25, -0.2) is 14.9 Å². The number of halogens is 2. The topological polar surface area (TPSA) is 74.2 Å². The van der Waals surface area contributed by atoms with E-state index in [1.54, 1.807) is 55.5 Å². The van der Waals surface area contributed by atoms with E-state index in [9.17, 15) is 9.59 Å². The second-order valence-corrected chi connectivity index (χ2v) is 8.07. The lowest BCUT2D eigenvalue weighted by Gasteiger charge is -2.31. The first-order valence-corrected chi connectivity index (χ1v) is 10.7. The average Bonchev–Trinajstić information content (AvgIpc) is 3.12. The van der Waals surface area contributed by atoms with Crippen LogP contribution in [0, 0.1) is 5.41 Å². The number of carbonyl (C=O) groups is 2. The molecule has 3 rings (SSSR count). The first-order chi connectivity index (χ1) is 14.8. The zero-order chi connectivity index (χ0) is 22.6. The van der Waals surface area contributed by atoms with Gasteiger partial charge in [0.1, 0.15) is 5.41 Å². The Hall–Kier alpha value is -2.61. The summed E-state index contributed by atoms with van der Waals surface area (Å²) in [5.74, 6) is -0.271. The van der Waals surface area contributed by atoms with Crippen molar-refractivity contribution in [2.24, 2.45) is 10.5 Å². The molecule has 164 valence electrons. The number of urea groups is 1. The summed E-state index contributed by atoms with van der Waals surface area (Å²) in [6.45, 7) is 6.19. The van der Waals surface area contributed by atoms with E-state index in [0.29, 0.717) is 40.2 Å². The molecule has 0 aromatic heterocycles. The predicted octanol–water partition coefficient (Wildman–Crippen LogP) is 5.05. The Morgan fingerprint density at radius 3 is 2.23 bits per heavy atom. The average molecular weight is 463 g/mol. The number of hydroxylamine groups is 2. The van der Waals surface area contributed by atoms with Gasteiger partial charge in [0.2, 0.25) is 0 Å². The number of amides is 3. The minimum Gasteiger partial charge on any atom is -0.306 e. The Morgan fingerprint density at radius 2 is 1.68 bits per heavy atom. The summed E-state index contributed by atoms with van der Waals surface area (Å²) in [6, 6.07) is 13.3. The van der Waals surface area contributed by atoms with E-state index in [1.165, 1.54) is 10.1 Å². The van der Waals surface area contributed by atoms with Crippen molar-refractivity contribution in [3.05, 3.63) is 64.1 Å². The van der Waals surface area contributed by atoms with Crippen LogP contribution in [-0.2, 0) is 9.63 Å². The number of carbonyl (C=O) groups excluding carboxylic acids is 2. The van der Waals surface area contributed by atoms with Crippen molar-refractivity contribution < 1.29 is 14.4 Å². The van der Waals surface area contributed by atoms with Crippen LogP contribution in [0.15, 0.2) is 53.6 Å². The highest BCUT2D eigenvalue weighted by Gasteiger charge is 2.49. The Kier molecular flexibility index (Phi) is 7.20. The second-order valence-electron chi connectivity index (χ2n) is 7.20. The van der Waals surface area contributed by atoms with Crippen LogP contribution in [0.25, 0.3) is 0 Å². The van der Waals surface area contributed by atoms with Gasteiger partial charge in [-0.1, -0.05) is 35.3 Å². The maximum Gasteiger partial charge on any atom is 0.342 e. The molecule has 9 heteroatoms. The molecule has 0 spiro atoms. The predicted molar refractivity (Wildman–Crippen MR) is 122 cm³/mol. The number of nitrogens with one attached hydrogen (secondary N) is 1. The Labute approximate surface area is 191 Å². The van der Waals surface area contributed by atoms with E-state index in [1.807, 2.05) is 13.8 Å². The number of hydrogen-bond donors (Lipinski definition) is 1. The highest BCUT2D eigenvalue weighted by Crippen LogP contribution is 2.34. The molecule has 0 saturated carbocycles. The molecule has 0 radical (unpaired) electrons. The first-order valence-electron chi connectivity index (χ1n) is 9.92. The van der Waals surface area contributed by atoms with Crippen LogP contribution < -0.4 is 5.32 Å². The summed E-state index contributed by atoms with van der Waals surface area (Å²) in [4.78, 5) is 31.8. The fourth-order valence-corrected chi connectivity index (χ4v) is 3.61. The fourth-order valence-electron chi connectivity index (χ4n) is 3.36. The van der Waals surface area contributed by atoms with Crippen LogP contribution in [0.2, 0.25) is 10.0 Å². The summed E-state index contributed by atoms with van der Waals surface area (Å²) >= 11 is 11.9. The van der Waals surface area contributed by atoms with Gasteiger partial charge >= 0.3 is 6.03 Å². The van der Waals surface area contributed by atoms with Gasteiger partial charge in [0.25, 0.3) is 5.91 Å². The highest BCUT2D eigenvalue weighted by atomic mass is 35.5. The summed E-state index contributed by atoms with van der Waals surface area (Å²) in [5, 5.41) is 11.0. The van der Waals surface area contributed by atoms with Gasteiger partial charge in [-0.2, -0.15) is 5.10 Å². The standard InChI is InChI=1S/C22H24Cl2N4O3/c1-4-28(31-5-2)20(29)22(3)14-27(21(30)25-18-12-10-17(24)11-13-18)26-19(22)15-6-8-16(23)9-7-15/h6-13H,4-5,14H2,1-3H3,(H,25,30). The molecule has 1 atom stereocenters. The Morgan fingerprint density at radius 1 is 1.10 bits per heavy atom. The summed E-state index contributed by atoms with van der Waals surface area (Å²) in [5.41, 5.74) is 0.645. The van der Waals surface area contributed by atoms with Crippen molar-refractivity contribution in [1.82, 2.24) is 10.1 Å². The molecule has 2 aromatic carbocycles. The zero-order valence-electron chi connectivity index (χ0n) is 17.6. The van der Waals surface area contributed by atoms with Gasteiger partial charge in [0.15, 0.2) is 0 Å². The van der Waals surface area contributed by atoms with E-state index in [4.69, 9.17) is 28.0 Å². The lowest BCUT2D eigenvalue weighted by molar-refractivity contribution is -0.190. The van der Waals surface area contributed by atoms with E-state index in [2.05, 4.69) is 10.4 Å². The molecule has 31 heavy (non-hydrogen) atoms. The normalized spacial score (nSPS) is 18.0. The molecule has 1 heterocycles. The zero-order valence-corrected chi connectivity index (χ0v) is 19.1. The van der Waals surface area contributed by atoms with Crippen molar-refractivity contribution in [2.75, 3.05) is 25.0 Å². The number of hydrogen-bond acceptors (Lipinski definition) is 4. The number of hydrazone groups is 1. The Bertz CT molecular complexity index is 979. The molecule has 1 unspecified atom stereocenters. The number of benzene rings is 2.